The minimum Gasteiger partial charge on any atom is -0.323 e. The summed E-state index contributed by atoms with van der Waals surface area (Å²) in [5.74, 6) is -1.35. The van der Waals surface area contributed by atoms with Crippen LogP contribution < -0.4 is 5.32 Å². The standard InChI is InChI=1S/C20H14ClF2N5OS/c1-11(19(29)27-17-7-2-12(21)8-16(17)23)30-20-15-9-26-28(18(15)24-10-25-20)14-5-3-13(22)4-6-14/h2-11H,1H3,(H,27,29). The molecule has 2 aromatic heterocycles. The second-order valence-corrected chi connectivity index (χ2v) is 8.09. The lowest BCUT2D eigenvalue weighted by Gasteiger charge is -2.12. The number of rotatable bonds is 5. The summed E-state index contributed by atoms with van der Waals surface area (Å²) in [4.78, 5) is 21.0. The van der Waals surface area contributed by atoms with Gasteiger partial charge in [-0.1, -0.05) is 23.4 Å². The van der Waals surface area contributed by atoms with E-state index in [1.54, 1.807) is 29.9 Å². The van der Waals surface area contributed by atoms with Gasteiger partial charge in [0.25, 0.3) is 0 Å². The van der Waals surface area contributed by atoms with Gasteiger partial charge < -0.3 is 5.32 Å². The van der Waals surface area contributed by atoms with E-state index < -0.39 is 11.1 Å². The van der Waals surface area contributed by atoms with E-state index in [4.69, 9.17) is 11.6 Å². The topological polar surface area (TPSA) is 72.7 Å². The zero-order valence-electron chi connectivity index (χ0n) is 15.5. The number of fused-ring (bicyclic) bond motifs is 1. The summed E-state index contributed by atoms with van der Waals surface area (Å²) in [6.07, 6.45) is 2.96. The van der Waals surface area contributed by atoms with Crippen molar-refractivity contribution < 1.29 is 13.6 Å². The van der Waals surface area contributed by atoms with Crippen LogP contribution in [-0.4, -0.2) is 30.9 Å². The smallest absolute Gasteiger partial charge is 0.237 e. The van der Waals surface area contributed by atoms with Gasteiger partial charge in [-0.2, -0.15) is 5.10 Å². The number of halogens is 3. The summed E-state index contributed by atoms with van der Waals surface area (Å²) in [5, 5.41) is 7.72. The van der Waals surface area contributed by atoms with Crippen molar-refractivity contribution in [2.24, 2.45) is 0 Å². The fraction of sp³-hybridized carbons (Fsp3) is 0.100. The largest absolute Gasteiger partial charge is 0.323 e. The highest BCUT2D eigenvalue weighted by molar-refractivity contribution is 8.00. The van der Waals surface area contributed by atoms with Gasteiger partial charge in [0, 0.05) is 5.02 Å². The average molecular weight is 446 g/mol. The lowest BCUT2D eigenvalue weighted by atomic mass is 10.3. The molecule has 10 heteroatoms. The zero-order valence-corrected chi connectivity index (χ0v) is 17.1. The predicted octanol–water partition coefficient (Wildman–Crippen LogP) is 4.87. The molecule has 152 valence electrons. The van der Waals surface area contributed by atoms with Gasteiger partial charge in [-0.3, -0.25) is 4.79 Å². The number of thioether (sulfide) groups is 1. The van der Waals surface area contributed by atoms with E-state index in [9.17, 15) is 13.6 Å². The molecule has 0 aliphatic heterocycles. The van der Waals surface area contributed by atoms with Crippen LogP contribution in [0.25, 0.3) is 16.7 Å². The maximum absolute atomic E-state index is 13.9. The Morgan fingerprint density at radius 1 is 1.17 bits per heavy atom. The van der Waals surface area contributed by atoms with Gasteiger partial charge in [-0.05, 0) is 49.4 Å². The van der Waals surface area contributed by atoms with Gasteiger partial charge in [0.15, 0.2) is 5.65 Å². The van der Waals surface area contributed by atoms with Crippen molar-refractivity contribution in [2.75, 3.05) is 5.32 Å². The van der Waals surface area contributed by atoms with Crippen LogP contribution >= 0.6 is 23.4 Å². The highest BCUT2D eigenvalue weighted by atomic mass is 35.5. The molecule has 0 aliphatic rings. The molecule has 6 nitrogen and oxygen atoms in total. The molecule has 2 aromatic carbocycles. The Hall–Kier alpha value is -3.04. The third-order valence-electron chi connectivity index (χ3n) is 4.25. The molecule has 0 saturated heterocycles. The first-order valence-electron chi connectivity index (χ1n) is 8.79. The predicted molar refractivity (Wildman–Crippen MR) is 112 cm³/mol. The van der Waals surface area contributed by atoms with E-state index in [1.165, 1.54) is 42.4 Å². The normalized spacial score (nSPS) is 12.1. The van der Waals surface area contributed by atoms with Crippen LogP contribution in [0.4, 0.5) is 14.5 Å². The van der Waals surface area contributed by atoms with E-state index >= 15 is 0 Å². The van der Waals surface area contributed by atoms with Crippen molar-refractivity contribution in [3.63, 3.8) is 0 Å². The summed E-state index contributed by atoms with van der Waals surface area (Å²) in [6.45, 7) is 1.69. The quantitative estimate of drug-likeness (QED) is 0.350. The molecule has 4 aromatic rings. The van der Waals surface area contributed by atoms with Gasteiger partial charge in [-0.25, -0.2) is 23.4 Å². The maximum atomic E-state index is 13.9. The van der Waals surface area contributed by atoms with Gasteiger partial charge >= 0.3 is 0 Å². The second-order valence-electron chi connectivity index (χ2n) is 6.32. The molecule has 1 amide bonds. The Bertz CT molecular complexity index is 1230. The molecule has 0 bridgehead atoms. The first kappa shape index (κ1) is 20.2. The number of benzene rings is 2. The third kappa shape index (κ3) is 4.12. The molecular weight excluding hydrogens is 432 g/mol. The minimum absolute atomic E-state index is 0.0498. The van der Waals surface area contributed by atoms with Crippen LogP contribution in [0.1, 0.15) is 6.92 Å². The van der Waals surface area contributed by atoms with E-state index in [1.807, 2.05) is 0 Å². The Labute approximate surface area is 179 Å². The summed E-state index contributed by atoms with van der Waals surface area (Å²) in [5.41, 5.74) is 1.22. The molecule has 4 rings (SSSR count). The van der Waals surface area contributed by atoms with E-state index in [0.717, 1.165) is 6.07 Å². The first-order chi connectivity index (χ1) is 14.4. The Balaban J connectivity index is 1.56. The number of aromatic nitrogens is 4. The first-order valence-corrected chi connectivity index (χ1v) is 10.1. The maximum Gasteiger partial charge on any atom is 0.237 e. The van der Waals surface area contributed by atoms with Crippen LogP contribution in [0.15, 0.2) is 60.0 Å². The van der Waals surface area contributed by atoms with E-state index in [2.05, 4.69) is 20.4 Å². The number of hydrogen-bond acceptors (Lipinski definition) is 5. The number of hydrogen-bond donors (Lipinski definition) is 1. The Morgan fingerprint density at radius 3 is 2.67 bits per heavy atom. The van der Waals surface area contributed by atoms with E-state index in [0.29, 0.717) is 21.7 Å². The molecule has 2 heterocycles. The highest BCUT2D eigenvalue weighted by Crippen LogP contribution is 2.30. The Morgan fingerprint density at radius 2 is 1.93 bits per heavy atom. The SMILES string of the molecule is CC(Sc1ncnc2c1cnn2-c1ccc(F)cc1)C(=O)Nc1ccc(Cl)cc1F. The average Bonchev–Trinajstić information content (AvgIpc) is 3.16. The molecule has 0 fully saturated rings. The molecule has 1 atom stereocenters. The van der Waals surface area contributed by atoms with Crippen molar-refractivity contribution in [3.8, 4) is 5.69 Å². The van der Waals surface area contributed by atoms with Crippen molar-refractivity contribution in [1.82, 2.24) is 19.7 Å². The summed E-state index contributed by atoms with van der Waals surface area (Å²) in [7, 11) is 0. The summed E-state index contributed by atoms with van der Waals surface area (Å²) in [6, 6.07) is 9.88. The van der Waals surface area contributed by atoms with Crippen LogP contribution in [0.3, 0.4) is 0 Å². The van der Waals surface area contributed by atoms with Crippen LogP contribution in [0, 0.1) is 11.6 Å². The second kappa shape index (κ2) is 8.37. The van der Waals surface area contributed by atoms with Crippen molar-refractivity contribution in [2.45, 2.75) is 17.2 Å². The number of anilines is 1. The number of carbonyl (C=O) groups excluding carboxylic acids is 1. The summed E-state index contributed by atoms with van der Waals surface area (Å²) >= 11 is 6.93. The van der Waals surface area contributed by atoms with Gasteiger partial charge in [-0.15, -0.1) is 0 Å². The number of nitrogens with one attached hydrogen (secondary N) is 1. The molecular formula is C20H14ClF2N5OS. The lowest BCUT2D eigenvalue weighted by Crippen LogP contribution is -2.23. The molecule has 0 radical (unpaired) electrons. The van der Waals surface area contributed by atoms with Crippen molar-refractivity contribution >= 4 is 46.0 Å². The van der Waals surface area contributed by atoms with Crippen molar-refractivity contribution in [3.05, 3.63) is 71.6 Å². The number of amides is 1. The molecule has 1 N–H and O–H groups in total. The molecule has 30 heavy (non-hydrogen) atoms. The monoisotopic (exact) mass is 445 g/mol. The third-order valence-corrected chi connectivity index (χ3v) is 5.60. The van der Waals surface area contributed by atoms with Crippen LogP contribution in [-0.2, 0) is 4.79 Å². The molecule has 0 spiro atoms. The number of nitrogens with zero attached hydrogens (tertiary/aromatic N) is 4. The minimum atomic E-state index is -0.613. The molecule has 0 saturated carbocycles. The highest BCUT2D eigenvalue weighted by Gasteiger charge is 2.20. The van der Waals surface area contributed by atoms with E-state index in [-0.39, 0.29) is 22.4 Å². The Kier molecular flexibility index (Phi) is 5.65. The van der Waals surface area contributed by atoms with Gasteiger partial charge in [0.05, 0.1) is 28.2 Å². The zero-order chi connectivity index (χ0) is 21.3. The fourth-order valence-electron chi connectivity index (χ4n) is 2.73. The van der Waals surface area contributed by atoms with Gasteiger partial charge in [0.2, 0.25) is 5.91 Å². The molecule has 1 unspecified atom stereocenters. The van der Waals surface area contributed by atoms with Crippen LogP contribution in [0.5, 0.6) is 0 Å². The molecule has 0 aliphatic carbocycles. The lowest BCUT2D eigenvalue weighted by molar-refractivity contribution is -0.115. The van der Waals surface area contributed by atoms with Crippen molar-refractivity contribution in [1.29, 1.82) is 0 Å². The number of carbonyl (C=O) groups is 1. The fourth-order valence-corrected chi connectivity index (χ4v) is 3.77. The van der Waals surface area contributed by atoms with Crippen LogP contribution in [0.2, 0.25) is 5.02 Å². The summed E-state index contributed by atoms with van der Waals surface area (Å²) < 4.78 is 28.7. The van der Waals surface area contributed by atoms with Gasteiger partial charge in [0.1, 0.15) is 23.0 Å².